The first kappa shape index (κ1) is 13.7. The number of benzene rings is 1. The quantitative estimate of drug-likeness (QED) is 0.886. The standard InChI is InChI=1S/C14H17ClN4S/c15-12-2-1-3-13(16)11(12)10-18-5-7-19(8-6-18)14-17-4-9-20-14/h1-4,9H,5-8,10,16H2. The summed E-state index contributed by atoms with van der Waals surface area (Å²) in [6, 6.07) is 5.70. The third-order valence-electron chi connectivity index (χ3n) is 3.60. The van der Waals surface area contributed by atoms with Gasteiger partial charge in [0.1, 0.15) is 0 Å². The molecule has 2 heterocycles. The maximum Gasteiger partial charge on any atom is 0.185 e. The number of hydrogen-bond donors (Lipinski definition) is 1. The average Bonchev–Trinajstić information content (AvgIpc) is 2.98. The van der Waals surface area contributed by atoms with E-state index in [0.717, 1.165) is 54.1 Å². The molecule has 0 saturated carbocycles. The molecule has 0 radical (unpaired) electrons. The number of nitrogen functional groups attached to an aromatic ring is 1. The molecule has 2 aromatic rings. The monoisotopic (exact) mass is 308 g/mol. The van der Waals surface area contributed by atoms with Crippen LogP contribution in [0.3, 0.4) is 0 Å². The minimum atomic E-state index is 0.757. The van der Waals surface area contributed by atoms with Gasteiger partial charge in [-0.1, -0.05) is 17.7 Å². The number of nitrogens with two attached hydrogens (primary N) is 1. The summed E-state index contributed by atoms with van der Waals surface area (Å²) in [5.74, 6) is 0. The lowest BCUT2D eigenvalue weighted by molar-refractivity contribution is 0.250. The highest BCUT2D eigenvalue weighted by Crippen LogP contribution is 2.25. The van der Waals surface area contributed by atoms with Crippen LogP contribution in [0, 0.1) is 0 Å². The Morgan fingerprint density at radius 2 is 2.05 bits per heavy atom. The molecule has 0 aliphatic carbocycles. The van der Waals surface area contributed by atoms with E-state index in [1.807, 2.05) is 29.8 Å². The summed E-state index contributed by atoms with van der Waals surface area (Å²) in [4.78, 5) is 9.08. The molecule has 3 rings (SSSR count). The van der Waals surface area contributed by atoms with Crippen LogP contribution in [0.2, 0.25) is 5.02 Å². The van der Waals surface area contributed by atoms with Crippen molar-refractivity contribution in [3.8, 4) is 0 Å². The molecule has 2 N–H and O–H groups in total. The van der Waals surface area contributed by atoms with Crippen LogP contribution in [0.4, 0.5) is 10.8 Å². The summed E-state index contributed by atoms with van der Waals surface area (Å²) in [6.07, 6.45) is 1.86. The average molecular weight is 309 g/mol. The molecular formula is C14H17ClN4S. The highest BCUT2D eigenvalue weighted by atomic mass is 35.5. The van der Waals surface area contributed by atoms with E-state index in [0.29, 0.717) is 0 Å². The number of piperazine rings is 1. The lowest BCUT2D eigenvalue weighted by Gasteiger charge is -2.34. The number of aromatic nitrogens is 1. The third-order valence-corrected chi connectivity index (χ3v) is 4.79. The van der Waals surface area contributed by atoms with Crippen molar-refractivity contribution in [2.24, 2.45) is 0 Å². The number of rotatable bonds is 3. The van der Waals surface area contributed by atoms with Gasteiger partial charge in [-0.3, -0.25) is 4.90 Å². The molecule has 6 heteroatoms. The van der Waals surface area contributed by atoms with Crippen LogP contribution in [0.1, 0.15) is 5.56 Å². The van der Waals surface area contributed by atoms with E-state index in [2.05, 4.69) is 14.8 Å². The first-order valence-electron chi connectivity index (χ1n) is 6.63. The molecule has 1 aromatic heterocycles. The first-order valence-corrected chi connectivity index (χ1v) is 7.89. The van der Waals surface area contributed by atoms with Crippen LogP contribution < -0.4 is 10.6 Å². The van der Waals surface area contributed by atoms with Gasteiger partial charge in [0, 0.05) is 60.6 Å². The Bertz CT molecular complexity index is 544. The summed E-state index contributed by atoms with van der Waals surface area (Å²) in [7, 11) is 0. The number of thiazole rings is 1. The zero-order chi connectivity index (χ0) is 13.9. The zero-order valence-corrected chi connectivity index (χ0v) is 12.7. The fraction of sp³-hybridized carbons (Fsp3) is 0.357. The maximum absolute atomic E-state index is 6.23. The smallest absolute Gasteiger partial charge is 0.185 e. The summed E-state index contributed by atoms with van der Waals surface area (Å²) in [6.45, 7) is 4.82. The number of halogens is 1. The van der Waals surface area contributed by atoms with E-state index in [9.17, 15) is 0 Å². The van der Waals surface area contributed by atoms with E-state index in [1.54, 1.807) is 11.3 Å². The predicted molar refractivity (Wildman–Crippen MR) is 85.5 cm³/mol. The number of nitrogens with zero attached hydrogens (tertiary/aromatic N) is 3. The summed E-state index contributed by atoms with van der Waals surface area (Å²) in [5, 5.41) is 3.89. The highest BCUT2D eigenvalue weighted by molar-refractivity contribution is 7.13. The lowest BCUT2D eigenvalue weighted by Crippen LogP contribution is -2.46. The molecule has 1 saturated heterocycles. The normalized spacial score (nSPS) is 16.6. The van der Waals surface area contributed by atoms with Gasteiger partial charge in [-0.15, -0.1) is 11.3 Å². The Hall–Kier alpha value is -1.30. The van der Waals surface area contributed by atoms with Gasteiger partial charge in [-0.05, 0) is 12.1 Å². The van der Waals surface area contributed by atoms with Crippen LogP contribution in [-0.4, -0.2) is 36.1 Å². The second-order valence-corrected chi connectivity index (χ2v) is 6.17. The van der Waals surface area contributed by atoms with Gasteiger partial charge >= 0.3 is 0 Å². The molecule has 20 heavy (non-hydrogen) atoms. The van der Waals surface area contributed by atoms with Crippen molar-refractivity contribution in [3.05, 3.63) is 40.4 Å². The largest absolute Gasteiger partial charge is 0.398 e. The van der Waals surface area contributed by atoms with Crippen molar-refractivity contribution in [2.75, 3.05) is 36.8 Å². The van der Waals surface area contributed by atoms with Crippen LogP contribution in [0.25, 0.3) is 0 Å². The molecule has 1 aromatic carbocycles. The summed E-state index contributed by atoms with van der Waals surface area (Å²) >= 11 is 7.93. The van der Waals surface area contributed by atoms with E-state index in [1.165, 1.54) is 0 Å². The molecule has 106 valence electrons. The molecule has 4 nitrogen and oxygen atoms in total. The second kappa shape index (κ2) is 5.99. The fourth-order valence-corrected chi connectivity index (χ4v) is 3.37. The van der Waals surface area contributed by atoms with E-state index in [-0.39, 0.29) is 0 Å². The Kier molecular flexibility index (Phi) is 4.10. The van der Waals surface area contributed by atoms with Crippen LogP contribution in [-0.2, 0) is 6.54 Å². The molecule has 0 amide bonds. The third kappa shape index (κ3) is 2.90. The topological polar surface area (TPSA) is 45.4 Å². The van der Waals surface area contributed by atoms with Crippen LogP contribution in [0.15, 0.2) is 29.8 Å². The van der Waals surface area contributed by atoms with Crippen molar-refractivity contribution in [3.63, 3.8) is 0 Å². The molecule has 1 aliphatic heterocycles. The van der Waals surface area contributed by atoms with Crippen molar-refractivity contribution in [1.82, 2.24) is 9.88 Å². The van der Waals surface area contributed by atoms with E-state index in [4.69, 9.17) is 17.3 Å². The van der Waals surface area contributed by atoms with Gasteiger partial charge in [0.15, 0.2) is 5.13 Å². The van der Waals surface area contributed by atoms with Crippen molar-refractivity contribution in [1.29, 1.82) is 0 Å². The zero-order valence-electron chi connectivity index (χ0n) is 11.1. The van der Waals surface area contributed by atoms with Crippen molar-refractivity contribution in [2.45, 2.75) is 6.54 Å². The highest BCUT2D eigenvalue weighted by Gasteiger charge is 2.19. The van der Waals surface area contributed by atoms with Crippen molar-refractivity contribution < 1.29 is 0 Å². The maximum atomic E-state index is 6.23. The number of anilines is 2. The van der Waals surface area contributed by atoms with Crippen LogP contribution >= 0.6 is 22.9 Å². The summed E-state index contributed by atoms with van der Waals surface area (Å²) < 4.78 is 0. The number of hydrogen-bond acceptors (Lipinski definition) is 5. The lowest BCUT2D eigenvalue weighted by atomic mass is 10.1. The Labute approximate surface area is 127 Å². The van der Waals surface area contributed by atoms with Gasteiger partial charge in [0.05, 0.1) is 0 Å². The molecule has 1 aliphatic rings. The Morgan fingerprint density at radius 1 is 1.25 bits per heavy atom. The summed E-state index contributed by atoms with van der Waals surface area (Å²) in [5.41, 5.74) is 7.83. The van der Waals surface area contributed by atoms with E-state index < -0.39 is 0 Å². The van der Waals surface area contributed by atoms with Gasteiger partial charge in [-0.25, -0.2) is 4.98 Å². The Morgan fingerprint density at radius 3 is 2.70 bits per heavy atom. The molecule has 1 fully saturated rings. The minimum absolute atomic E-state index is 0.757. The van der Waals surface area contributed by atoms with E-state index >= 15 is 0 Å². The van der Waals surface area contributed by atoms with Gasteiger partial charge in [-0.2, -0.15) is 0 Å². The molecule has 0 spiro atoms. The SMILES string of the molecule is Nc1cccc(Cl)c1CN1CCN(c2nccs2)CC1. The van der Waals surface area contributed by atoms with Gasteiger partial charge in [0.2, 0.25) is 0 Å². The molecule has 0 bridgehead atoms. The Balaban J connectivity index is 1.61. The predicted octanol–water partition coefficient (Wildman–Crippen LogP) is 2.70. The minimum Gasteiger partial charge on any atom is -0.398 e. The second-order valence-electron chi connectivity index (χ2n) is 4.89. The van der Waals surface area contributed by atoms with Gasteiger partial charge in [0.25, 0.3) is 0 Å². The molecule has 0 unspecified atom stereocenters. The van der Waals surface area contributed by atoms with Crippen molar-refractivity contribution >= 4 is 33.8 Å². The van der Waals surface area contributed by atoms with Crippen LogP contribution in [0.5, 0.6) is 0 Å². The molecular weight excluding hydrogens is 292 g/mol. The molecule has 0 atom stereocenters. The fourth-order valence-electron chi connectivity index (χ4n) is 2.44. The first-order chi connectivity index (χ1) is 9.74. The van der Waals surface area contributed by atoms with Gasteiger partial charge < -0.3 is 10.6 Å².